The van der Waals surface area contributed by atoms with Gasteiger partial charge in [-0.25, -0.2) is 0 Å². The van der Waals surface area contributed by atoms with E-state index in [1.165, 1.54) is 51.4 Å². The SMILES string of the molecule is O=Cc1ccc2cc(OC3CCC4(CCCC4)CC3)ccc2c1. The highest BCUT2D eigenvalue weighted by molar-refractivity contribution is 5.89. The third-order valence-electron chi connectivity index (χ3n) is 5.93. The van der Waals surface area contributed by atoms with Crippen LogP contribution in [0.3, 0.4) is 0 Å². The number of fused-ring (bicyclic) bond motifs is 1. The molecule has 2 nitrogen and oxygen atoms in total. The Bertz CT molecular complexity index is 703. The molecule has 0 unspecified atom stereocenters. The van der Waals surface area contributed by atoms with Gasteiger partial charge in [-0.15, -0.1) is 0 Å². The molecule has 2 aliphatic carbocycles. The molecule has 2 aromatic carbocycles. The van der Waals surface area contributed by atoms with Crippen LogP contribution in [0.15, 0.2) is 36.4 Å². The fourth-order valence-corrected chi connectivity index (χ4v) is 4.53. The second-order valence-electron chi connectivity index (χ2n) is 7.41. The lowest BCUT2D eigenvalue weighted by Crippen LogP contribution is -2.30. The Kier molecular flexibility index (Phi) is 3.84. The van der Waals surface area contributed by atoms with Gasteiger partial charge < -0.3 is 4.74 Å². The molecule has 0 amide bonds. The molecule has 2 aromatic rings. The van der Waals surface area contributed by atoms with Gasteiger partial charge in [0.25, 0.3) is 0 Å². The molecule has 120 valence electrons. The number of rotatable bonds is 3. The Labute approximate surface area is 137 Å². The molecule has 0 atom stereocenters. The summed E-state index contributed by atoms with van der Waals surface area (Å²) >= 11 is 0. The molecule has 0 aliphatic heterocycles. The molecule has 2 heteroatoms. The van der Waals surface area contributed by atoms with Crippen LogP contribution in [0.25, 0.3) is 10.8 Å². The fraction of sp³-hybridized carbons (Fsp3) is 0.476. The van der Waals surface area contributed by atoms with Gasteiger partial charge in [0.15, 0.2) is 0 Å². The average Bonchev–Trinajstić information content (AvgIpc) is 3.05. The van der Waals surface area contributed by atoms with Gasteiger partial charge in [0, 0.05) is 5.56 Å². The molecule has 1 spiro atoms. The van der Waals surface area contributed by atoms with E-state index in [4.69, 9.17) is 4.74 Å². The normalized spacial score (nSPS) is 20.9. The highest BCUT2D eigenvalue weighted by Gasteiger charge is 2.37. The molecular formula is C21H24O2. The van der Waals surface area contributed by atoms with Gasteiger partial charge in [0.2, 0.25) is 0 Å². The Balaban J connectivity index is 1.44. The van der Waals surface area contributed by atoms with E-state index in [9.17, 15) is 4.79 Å². The minimum absolute atomic E-state index is 0.368. The second-order valence-corrected chi connectivity index (χ2v) is 7.41. The largest absolute Gasteiger partial charge is 0.490 e. The van der Waals surface area contributed by atoms with Crippen molar-refractivity contribution in [2.75, 3.05) is 0 Å². The van der Waals surface area contributed by atoms with Crippen molar-refractivity contribution in [3.05, 3.63) is 42.0 Å². The summed E-state index contributed by atoms with van der Waals surface area (Å²) in [6.45, 7) is 0. The average molecular weight is 308 g/mol. The molecule has 2 aliphatic rings. The number of ether oxygens (including phenoxy) is 1. The summed E-state index contributed by atoms with van der Waals surface area (Å²) in [6, 6.07) is 12.0. The van der Waals surface area contributed by atoms with E-state index in [1.54, 1.807) is 0 Å². The topological polar surface area (TPSA) is 26.3 Å². The fourth-order valence-electron chi connectivity index (χ4n) is 4.53. The van der Waals surface area contributed by atoms with E-state index in [-0.39, 0.29) is 0 Å². The van der Waals surface area contributed by atoms with Gasteiger partial charge >= 0.3 is 0 Å². The summed E-state index contributed by atoms with van der Waals surface area (Å²) in [5.41, 5.74) is 1.38. The smallest absolute Gasteiger partial charge is 0.150 e. The van der Waals surface area contributed by atoms with Crippen molar-refractivity contribution in [2.45, 2.75) is 57.5 Å². The number of benzene rings is 2. The molecule has 0 aromatic heterocycles. The van der Waals surface area contributed by atoms with Crippen LogP contribution in [0, 0.1) is 5.41 Å². The highest BCUT2D eigenvalue weighted by Crippen LogP contribution is 2.49. The van der Waals surface area contributed by atoms with Crippen LogP contribution >= 0.6 is 0 Å². The van der Waals surface area contributed by atoms with Gasteiger partial charge in [-0.3, -0.25) is 4.79 Å². The van der Waals surface area contributed by atoms with Crippen molar-refractivity contribution in [1.29, 1.82) is 0 Å². The van der Waals surface area contributed by atoms with E-state index >= 15 is 0 Å². The van der Waals surface area contributed by atoms with E-state index in [0.29, 0.717) is 11.5 Å². The van der Waals surface area contributed by atoms with E-state index < -0.39 is 0 Å². The lowest BCUT2D eigenvalue weighted by molar-refractivity contribution is 0.0825. The lowest BCUT2D eigenvalue weighted by atomic mass is 9.72. The summed E-state index contributed by atoms with van der Waals surface area (Å²) in [5.74, 6) is 0.962. The lowest BCUT2D eigenvalue weighted by Gasteiger charge is -2.37. The highest BCUT2D eigenvalue weighted by atomic mass is 16.5. The van der Waals surface area contributed by atoms with E-state index in [2.05, 4.69) is 12.1 Å². The molecule has 2 saturated carbocycles. The number of hydrogen-bond donors (Lipinski definition) is 0. The van der Waals surface area contributed by atoms with Gasteiger partial charge in [0.1, 0.15) is 12.0 Å². The molecule has 0 bridgehead atoms. The summed E-state index contributed by atoms with van der Waals surface area (Å²) in [6.07, 6.45) is 12.1. The molecular weight excluding hydrogens is 284 g/mol. The Morgan fingerprint density at radius 2 is 1.61 bits per heavy atom. The van der Waals surface area contributed by atoms with Crippen LogP contribution in [-0.2, 0) is 0 Å². The molecule has 23 heavy (non-hydrogen) atoms. The zero-order chi connectivity index (χ0) is 15.7. The first-order chi connectivity index (χ1) is 11.3. The van der Waals surface area contributed by atoms with Crippen LogP contribution in [0.1, 0.15) is 61.7 Å². The van der Waals surface area contributed by atoms with Gasteiger partial charge in [-0.2, -0.15) is 0 Å². The standard InChI is InChI=1S/C21H24O2/c22-15-16-3-4-18-14-20(6-5-17(18)13-16)23-19-7-11-21(12-8-19)9-1-2-10-21/h3-6,13-15,19H,1-2,7-12H2. The summed E-state index contributed by atoms with van der Waals surface area (Å²) < 4.78 is 6.25. The summed E-state index contributed by atoms with van der Waals surface area (Å²) in [4.78, 5) is 10.9. The first-order valence-corrected chi connectivity index (χ1v) is 8.92. The number of carbonyl (C=O) groups is 1. The Morgan fingerprint density at radius 1 is 0.913 bits per heavy atom. The third kappa shape index (κ3) is 2.99. The van der Waals surface area contributed by atoms with Crippen molar-refractivity contribution in [2.24, 2.45) is 5.41 Å². The monoisotopic (exact) mass is 308 g/mol. The minimum atomic E-state index is 0.368. The maximum atomic E-state index is 10.9. The van der Waals surface area contributed by atoms with Gasteiger partial charge in [0.05, 0.1) is 6.10 Å². The number of hydrogen-bond acceptors (Lipinski definition) is 2. The first kappa shape index (κ1) is 14.7. The van der Waals surface area contributed by atoms with Crippen molar-refractivity contribution in [1.82, 2.24) is 0 Å². The molecule has 0 N–H and O–H groups in total. The first-order valence-electron chi connectivity index (χ1n) is 8.92. The maximum absolute atomic E-state index is 10.9. The summed E-state index contributed by atoms with van der Waals surface area (Å²) in [7, 11) is 0. The molecule has 0 heterocycles. The van der Waals surface area contributed by atoms with Gasteiger partial charge in [-0.05, 0) is 72.9 Å². The van der Waals surface area contributed by atoms with Crippen molar-refractivity contribution in [3.63, 3.8) is 0 Å². The summed E-state index contributed by atoms with van der Waals surface area (Å²) in [5, 5.41) is 2.23. The Morgan fingerprint density at radius 3 is 2.35 bits per heavy atom. The number of carbonyl (C=O) groups excluding carboxylic acids is 1. The van der Waals surface area contributed by atoms with Crippen molar-refractivity contribution < 1.29 is 9.53 Å². The zero-order valence-corrected chi connectivity index (χ0v) is 13.6. The molecule has 0 radical (unpaired) electrons. The van der Waals surface area contributed by atoms with Crippen LogP contribution in [-0.4, -0.2) is 12.4 Å². The van der Waals surface area contributed by atoms with Crippen molar-refractivity contribution >= 4 is 17.1 Å². The van der Waals surface area contributed by atoms with Crippen LogP contribution in [0.2, 0.25) is 0 Å². The number of aldehydes is 1. The minimum Gasteiger partial charge on any atom is -0.490 e. The van der Waals surface area contributed by atoms with Crippen LogP contribution in [0.4, 0.5) is 0 Å². The molecule has 2 fully saturated rings. The zero-order valence-electron chi connectivity index (χ0n) is 13.6. The molecule has 0 saturated heterocycles. The Hall–Kier alpha value is -1.83. The quantitative estimate of drug-likeness (QED) is 0.696. The maximum Gasteiger partial charge on any atom is 0.150 e. The van der Waals surface area contributed by atoms with Gasteiger partial charge in [-0.1, -0.05) is 31.0 Å². The predicted molar refractivity (Wildman–Crippen MR) is 93.1 cm³/mol. The van der Waals surface area contributed by atoms with Crippen LogP contribution in [0.5, 0.6) is 5.75 Å². The van der Waals surface area contributed by atoms with E-state index in [0.717, 1.165) is 28.4 Å². The van der Waals surface area contributed by atoms with E-state index in [1.807, 2.05) is 24.3 Å². The third-order valence-corrected chi connectivity index (χ3v) is 5.93. The van der Waals surface area contributed by atoms with Crippen LogP contribution < -0.4 is 4.74 Å². The molecule has 4 rings (SSSR count). The van der Waals surface area contributed by atoms with Crippen molar-refractivity contribution in [3.8, 4) is 5.75 Å². The second kappa shape index (κ2) is 5.99. The predicted octanol–water partition coefficient (Wildman–Crippen LogP) is 5.53.